The van der Waals surface area contributed by atoms with Crippen LogP contribution in [-0.2, 0) is 6.54 Å². The highest BCUT2D eigenvalue weighted by Crippen LogP contribution is 2.23. The predicted molar refractivity (Wildman–Crippen MR) is 81.9 cm³/mol. The number of hydrogen-bond acceptors (Lipinski definition) is 5. The molecule has 4 nitrogen and oxygen atoms in total. The summed E-state index contributed by atoms with van der Waals surface area (Å²) in [4.78, 5) is 9.93. The van der Waals surface area contributed by atoms with E-state index in [9.17, 15) is 0 Å². The van der Waals surface area contributed by atoms with Gasteiger partial charge in [-0.3, -0.25) is 0 Å². The lowest BCUT2D eigenvalue weighted by molar-refractivity contribution is 0.305. The summed E-state index contributed by atoms with van der Waals surface area (Å²) in [5.41, 5.74) is 0.897. The van der Waals surface area contributed by atoms with Crippen molar-refractivity contribution < 1.29 is 4.74 Å². The summed E-state index contributed by atoms with van der Waals surface area (Å²) in [6.45, 7) is 5.38. The van der Waals surface area contributed by atoms with Gasteiger partial charge in [-0.05, 0) is 40.7 Å². The summed E-state index contributed by atoms with van der Waals surface area (Å²) in [5.74, 6) is 1.23. The second kappa shape index (κ2) is 6.86. The van der Waals surface area contributed by atoms with E-state index in [2.05, 4.69) is 38.1 Å². The summed E-state index contributed by atoms with van der Waals surface area (Å²) in [5, 5.41) is 5.27. The number of ether oxygens (including phenoxy) is 1. The van der Waals surface area contributed by atoms with Gasteiger partial charge in [0, 0.05) is 21.1 Å². The Morgan fingerprint density at radius 2 is 2.26 bits per heavy atom. The van der Waals surface area contributed by atoms with E-state index in [1.807, 2.05) is 24.4 Å². The van der Waals surface area contributed by atoms with Crippen molar-refractivity contribution in [2.45, 2.75) is 26.8 Å². The smallest absolute Gasteiger partial charge is 0.226 e. The molecular formula is C13H16BrN3OS. The largest absolute Gasteiger partial charge is 0.478 e. The molecule has 0 spiro atoms. The predicted octanol–water partition coefficient (Wildman–Crippen LogP) is 4.01. The van der Waals surface area contributed by atoms with Gasteiger partial charge >= 0.3 is 0 Å². The van der Waals surface area contributed by atoms with Crippen LogP contribution in [0.1, 0.15) is 23.9 Å². The number of aryl methyl sites for hydroxylation is 1. The fourth-order valence-electron chi connectivity index (χ4n) is 1.51. The number of aromatic nitrogens is 2. The van der Waals surface area contributed by atoms with E-state index in [1.165, 1.54) is 4.88 Å². The van der Waals surface area contributed by atoms with Crippen molar-refractivity contribution in [3.8, 4) is 5.88 Å². The molecule has 2 heterocycles. The van der Waals surface area contributed by atoms with Crippen LogP contribution in [0.25, 0.3) is 0 Å². The molecule has 0 saturated carbocycles. The summed E-state index contributed by atoms with van der Waals surface area (Å²) < 4.78 is 6.65. The molecular weight excluding hydrogens is 326 g/mol. The van der Waals surface area contributed by atoms with Gasteiger partial charge in [-0.1, -0.05) is 6.92 Å². The summed E-state index contributed by atoms with van der Waals surface area (Å²) in [6.07, 6.45) is 0.966. The lowest BCUT2D eigenvalue weighted by Crippen LogP contribution is -2.06. The fourth-order valence-corrected chi connectivity index (χ4v) is 2.94. The van der Waals surface area contributed by atoms with Gasteiger partial charge in [-0.25, -0.2) is 4.98 Å². The zero-order chi connectivity index (χ0) is 13.7. The summed E-state index contributed by atoms with van der Waals surface area (Å²) in [7, 11) is 0. The normalized spacial score (nSPS) is 10.5. The van der Waals surface area contributed by atoms with E-state index in [-0.39, 0.29) is 0 Å². The minimum atomic E-state index is 0.603. The highest BCUT2D eigenvalue weighted by Gasteiger charge is 2.05. The molecule has 0 amide bonds. The Kier molecular flexibility index (Phi) is 5.15. The monoisotopic (exact) mass is 341 g/mol. The molecule has 19 heavy (non-hydrogen) atoms. The van der Waals surface area contributed by atoms with E-state index in [4.69, 9.17) is 4.74 Å². The SMILES string of the molecule is CCCOc1cc(C)nc(NCc2sccc2Br)n1. The lowest BCUT2D eigenvalue weighted by Gasteiger charge is -2.08. The minimum Gasteiger partial charge on any atom is -0.478 e. The Morgan fingerprint density at radius 1 is 1.42 bits per heavy atom. The van der Waals surface area contributed by atoms with Gasteiger partial charge in [0.2, 0.25) is 11.8 Å². The van der Waals surface area contributed by atoms with Crippen molar-refractivity contribution in [3.05, 3.63) is 32.6 Å². The third kappa shape index (κ3) is 4.18. The first-order valence-electron chi connectivity index (χ1n) is 6.13. The first-order chi connectivity index (χ1) is 9.19. The number of nitrogens with one attached hydrogen (secondary N) is 1. The zero-order valence-electron chi connectivity index (χ0n) is 10.9. The van der Waals surface area contributed by atoms with Crippen LogP contribution in [0.5, 0.6) is 5.88 Å². The molecule has 1 N–H and O–H groups in total. The second-order valence-corrected chi connectivity index (χ2v) is 5.92. The van der Waals surface area contributed by atoms with E-state index in [0.717, 1.165) is 16.6 Å². The number of rotatable bonds is 6. The number of anilines is 1. The first-order valence-corrected chi connectivity index (χ1v) is 7.80. The van der Waals surface area contributed by atoms with E-state index in [0.29, 0.717) is 25.0 Å². The van der Waals surface area contributed by atoms with Gasteiger partial charge in [0.25, 0.3) is 0 Å². The van der Waals surface area contributed by atoms with Crippen LogP contribution >= 0.6 is 27.3 Å². The Hall–Kier alpha value is -1.14. The molecule has 0 aliphatic rings. The Labute approximate surface area is 125 Å². The molecule has 0 unspecified atom stereocenters. The van der Waals surface area contributed by atoms with Crippen LogP contribution < -0.4 is 10.1 Å². The molecule has 6 heteroatoms. The minimum absolute atomic E-state index is 0.603. The van der Waals surface area contributed by atoms with Gasteiger partial charge < -0.3 is 10.1 Å². The fraction of sp³-hybridized carbons (Fsp3) is 0.385. The Balaban J connectivity index is 2.03. The quantitative estimate of drug-likeness (QED) is 0.862. The van der Waals surface area contributed by atoms with Crippen molar-refractivity contribution in [2.24, 2.45) is 0 Å². The van der Waals surface area contributed by atoms with Gasteiger partial charge in [-0.2, -0.15) is 4.98 Å². The van der Waals surface area contributed by atoms with E-state index >= 15 is 0 Å². The Morgan fingerprint density at radius 3 is 2.95 bits per heavy atom. The van der Waals surface area contributed by atoms with Crippen LogP contribution in [0.15, 0.2) is 22.0 Å². The molecule has 0 atom stereocenters. The number of thiophene rings is 1. The summed E-state index contributed by atoms with van der Waals surface area (Å²) >= 11 is 5.20. The average Bonchev–Trinajstić information content (AvgIpc) is 2.79. The van der Waals surface area contributed by atoms with Crippen molar-refractivity contribution in [2.75, 3.05) is 11.9 Å². The molecule has 102 valence electrons. The molecule has 2 rings (SSSR count). The third-order valence-electron chi connectivity index (χ3n) is 2.38. The number of halogens is 1. The van der Waals surface area contributed by atoms with Crippen molar-refractivity contribution in [1.82, 2.24) is 9.97 Å². The van der Waals surface area contributed by atoms with Crippen molar-refractivity contribution in [1.29, 1.82) is 0 Å². The molecule has 0 saturated heterocycles. The maximum absolute atomic E-state index is 5.54. The van der Waals surface area contributed by atoms with E-state index in [1.54, 1.807) is 11.3 Å². The molecule has 0 aliphatic carbocycles. The van der Waals surface area contributed by atoms with Gasteiger partial charge in [0.15, 0.2) is 0 Å². The van der Waals surface area contributed by atoms with Crippen LogP contribution in [0.2, 0.25) is 0 Å². The highest BCUT2D eigenvalue weighted by atomic mass is 79.9. The van der Waals surface area contributed by atoms with Crippen LogP contribution in [0, 0.1) is 6.92 Å². The average molecular weight is 342 g/mol. The summed E-state index contributed by atoms with van der Waals surface area (Å²) in [6, 6.07) is 3.89. The second-order valence-electron chi connectivity index (χ2n) is 4.06. The van der Waals surface area contributed by atoms with E-state index < -0.39 is 0 Å². The molecule has 2 aromatic heterocycles. The first kappa shape index (κ1) is 14.3. The van der Waals surface area contributed by atoms with Gasteiger partial charge in [-0.15, -0.1) is 11.3 Å². The molecule has 0 radical (unpaired) electrons. The van der Waals surface area contributed by atoms with Gasteiger partial charge in [0.1, 0.15) is 0 Å². The Bertz CT molecular complexity index is 544. The molecule has 0 bridgehead atoms. The van der Waals surface area contributed by atoms with Crippen LogP contribution in [0.4, 0.5) is 5.95 Å². The standard InChI is InChI=1S/C13H16BrN3OS/c1-3-5-18-12-7-9(2)16-13(17-12)15-8-11-10(14)4-6-19-11/h4,6-7H,3,5,8H2,1-2H3,(H,15,16,17). The number of nitrogens with zero attached hydrogens (tertiary/aromatic N) is 2. The topological polar surface area (TPSA) is 47.0 Å². The molecule has 0 aromatic carbocycles. The molecule has 2 aromatic rings. The third-order valence-corrected chi connectivity index (χ3v) is 4.31. The maximum atomic E-state index is 5.54. The van der Waals surface area contributed by atoms with Crippen molar-refractivity contribution in [3.63, 3.8) is 0 Å². The zero-order valence-corrected chi connectivity index (χ0v) is 13.3. The number of hydrogen-bond donors (Lipinski definition) is 1. The maximum Gasteiger partial charge on any atom is 0.226 e. The van der Waals surface area contributed by atoms with Crippen LogP contribution in [-0.4, -0.2) is 16.6 Å². The lowest BCUT2D eigenvalue weighted by atomic mass is 10.4. The highest BCUT2D eigenvalue weighted by molar-refractivity contribution is 9.10. The van der Waals surface area contributed by atoms with Gasteiger partial charge in [0.05, 0.1) is 13.2 Å². The van der Waals surface area contributed by atoms with Crippen molar-refractivity contribution >= 4 is 33.2 Å². The van der Waals surface area contributed by atoms with Crippen LogP contribution in [0.3, 0.4) is 0 Å². The molecule has 0 fully saturated rings. The molecule has 0 aliphatic heterocycles.